The Labute approximate surface area is 162 Å². The number of amides is 3. The van der Waals surface area contributed by atoms with Gasteiger partial charge in [0.1, 0.15) is 24.0 Å². The zero-order valence-corrected chi connectivity index (χ0v) is 16.2. The highest BCUT2D eigenvalue weighted by molar-refractivity contribution is 6.31. The van der Waals surface area contributed by atoms with Gasteiger partial charge in [-0.25, -0.2) is 0 Å². The van der Waals surface area contributed by atoms with Gasteiger partial charge in [-0.1, -0.05) is 18.5 Å². The molecule has 0 bridgehead atoms. The maximum absolute atomic E-state index is 13.4. The number of quaternary nitrogens is 1. The molecule has 4 rings (SSSR count). The standard InChI is InChI=1S/C19H22ClN3O4/c1-4-8(2)23-16(25)13-14(17(23)26)19(22-15(13)9(3)24)11-7-10(20)5-6-12(11)21-18(19)27/h5-9,13-15,22,24H,4H2,1-3H3,(H,21,27)/p+1/t8-,9-,13+,14+,15-,19+/m1/s1. The van der Waals surface area contributed by atoms with Crippen molar-refractivity contribution in [3.63, 3.8) is 0 Å². The molecule has 27 heavy (non-hydrogen) atoms. The molecular weight excluding hydrogens is 370 g/mol. The van der Waals surface area contributed by atoms with Gasteiger partial charge >= 0.3 is 0 Å². The average Bonchev–Trinajstić information content (AvgIpc) is 3.20. The minimum absolute atomic E-state index is 0.259. The molecule has 0 radical (unpaired) electrons. The van der Waals surface area contributed by atoms with Crippen molar-refractivity contribution in [1.29, 1.82) is 0 Å². The van der Waals surface area contributed by atoms with E-state index >= 15 is 0 Å². The fourth-order valence-electron chi connectivity index (χ4n) is 4.94. The van der Waals surface area contributed by atoms with E-state index in [9.17, 15) is 19.5 Å². The van der Waals surface area contributed by atoms with E-state index in [1.165, 1.54) is 4.90 Å². The van der Waals surface area contributed by atoms with E-state index in [1.54, 1.807) is 30.4 Å². The molecule has 7 nitrogen and oxygen atoms in total. The number of hydrogen-bond donors (Lipinski definition) is 3. The molecule has 3 amide bonds. The lowest BCUT2D eigenvalue weighted by Crippen LogP contribution is -3.00. The van der Waals surface area contributed by atoms with Crippen LogP contribution in [0.2, 0.25) is 5.02 Å². The first-order valence-corrected chi connectivity index (χ1v) is 9.64. The van der Waals surface area contributed by atoms with Gasteiger partial charge in [-0.3, -0.25) is 19.3 Å². The molecule has 4 N–H and O–H groups in total. The molecule has 0 saturated carbocycles. The van der Waals surface area contributed by atoms with Crippen molar-refractivity contribution in [2.24, 2.45) is 11.8 Å². The van der Waals surface area contributed by atoms with E-state index in [4.69, 9.17) is 11.6 Å². The molecule has 1 aromatic rings. The lowest BCUT2D eigenvalue weighted by molar-refractivity contribution is -0.738. The second-order valence-electron chi connectivity index (χ2n) is 7.80. The Hall–Kier alpha value is -1.96. The van der Waals surface area contributed by atoms with Crippen molar-refractivity contribution in [2.75, 3.05) is 5.32 Å². The predicted molar refractivity (Wildman–Crippen MR) is 97.7 cm³/mol. The topological polar surface area (TPSA) is 103 Å². The highest BCUT2D eigenvalue weighted by atomic mass is 35.5. The van der Waals surface area contributed by atoms with Crippen LogP contribution in [-0.4, -0.2) is 45.9 Å². The fourth-order valence-corrected chi connectivity index (χ4v) is 5.11. The third-order valence-corrected chi connectivity index (χ3v) is 6.62. The molecule has 6 atom stereocenters. The number of aliphatic hydroxyl groups is 1. The normalized spacial score (nSPS) is 34.0. The van der Waals surface area contributed by atoms with E-state index in [2.05, 4.69) is 5.32 Å². The van der Waals surface area contributed by atoms with Crippen molar-refractivity contribution >= 4 is 35.0 Å². The van der Waals surface area contributed by atoms with Crippen LogP contribution in [0.5, 0.6) is 0 Å². The largest absolute Gasteiger partial charge is 0.387 e. The molecule has 1 aromatic carbocycles. The van der Waals surface area contributed by atoms with Crippen LogP contribution in [0.4, 0.5) is 5.69 Å². The number of carbonyl (C=O) groups excluding carboxylic acids is 3. The zero-order chi connectivity index (χ0) is 19.7. The third-order valence-electron chi connectivity index (χ3n) is 6.39. The van der Waals surface area contributed by atoms with E-state index in [0.29, 0.717) is 22.7 Å². The summed E-state index contributed by atoms with van der Waals surface area (Å²) in [5, 5.41) is 15.3. The van der Waals surface area contributed by atoms with E-state index in [-0.39, 0.29) is 23.8 Å². The number of carbonyl (C=O) groups is 3. The summed E-state index contributed by atoms with van der Waals surface area (Å²) in [5.74, 6) is -2.60. The van der Waals surface area contributed by atoms with Crippen LogP contribution in [0.25, 0.3) is 0 Å². The van der Waals surface area contributed by atoms with Crippen LogP contribution in [0, 0.1) is 11.8 Å². The number of nitrogens with two attached hydrogens (primary N) is 1. The number of rotatable bonds is 3. The Morgan fingerprint density at radius 1 is 1.30 bits per heavy atom. The number of likely N-dealkylation sites (tertiary alicyclic amines) is 1. The van der Waals surface area contributed by atoms with Crippen molar-refractivity contribution < 1.29 is 24.8 Å². The summed E-state index contributed by atoms with van der Waals surface area (Å²) in [4.78, 5) is 40.9. The zero-order valence-electron chi connectivity index (χ0n) is 15.4. The van der Waals surface area contributed by atoms with Crippen molar-refractivity contribution in [2.45, 2.75) is 50.9 Å². The Morgan fingerprint density at radius 2 is 2.00 bits per heavy atom. The monoisotopic (exact) mass is 392 g/mol. The molecule has 1 spiro atoms. The third kappa shape index (κ3) is 2.25. The summed E-state index contributed by atoms with van der Waals surface area (Å²) >= 11 is 6.18. The van der Waals surface area contributed by atoms with Crippen LogP contribution >= 0.6 is 11.6 Å². The Morgan fingerprint density at radius 3 is 2.63 bits per heavy atom. The molecule has 2 saturated heterocycles. The number of fused-ring (bicyclic) bond motifs is 4. The Kier molecular flexibility index (Phi) is 4.10. The van der Waals surface area contributed by atoms with Crippen molar-refractivity contribution in [1.82, 2.24) is 4.90 Å². The van der Waals surface area contributed by atoms with Crippen LogP contribution in [0.3, 0.4) is 0 Å². The van der Waals surface area contributed by atoms with Crippen LogP contribution in [0.1, 0.15) is 32.8 Å². The average molecular weight is 393 g/mol. The van der Waals surface area contributed by atoms with Gasteiger partial charge in [-0.05, 0) is 38.5 Å². The first-order valence-electron chi connectivity index (χ1n) is 9.26. The second kappa shape index (κ2) is 6.02. The van der Waals surface area contributed by atoms with Gasteiger partial charge in [0.2, 0.25) is 17.4 Å². The number of nitrogens with zero attached hydrogens (tertiary/aromatic N) is 1. The van der Waals surface area contributed by atoms with E-state index in [1.807, 2.05) is 13.8 Å². The van der Waals surface area contributed by atoms with Crippen LogP contribution < -0.4 is 10.6 Å². The molecule has 2 fully saturated rings. The Balaban J connectivity index is 1.92. The summed E-state index contributed by atoms with van der Waals surface area (Å²) in [6.45, 7) is 5.32. The molecule has 0 unspecified atom stereocenters. The molecule has 3 aliphatic heterocycles. The molecule has 3 aliphatic rings. The van der Waals surface area contributed by atoms with Gasteiger partial charge in [0, 0.05) is 16.6 Å². The highest BCUT2D eigenvalue weighted by Crippen LogP contribution is 2.50. The molecule has 8 heteroatoms. The van der Waals surface area contributed by atoms with Gasteiger partial charge < -0.3 is 15.7 Å². The lowest BCUT2D eigenvalue weighted by Gasteiger charge is -2.29. The summed E-state index contributed by atoms with van der Waals surface area (Å²) in [5.41, 5.74) is -0.0974. The fraction of sp³-hybridized carbons (Fsp3) is 0.526. The number of hydrogen-bond acceptors (Lipinski definition) is 4. The molecule has 144 valence electrons. The van der Waals surface area contributed by atoms with E-state index in [0.717, 1.165) is 0 Å². The number of nitrogens with one attached hydrogen (secondary N) is 1. The second-order valence-corrected chi connectivity index (χ2v) is 8.24. The quantitative estimate of drug-likeness (QED) is 0.640. The number of benzene rings is 1. The van der Waals surface area contributed by atoms with Crippen LogP contribution in [-0.2, 0) is 19.9 Å². The highest BCUT2D eigenvalue weighted by Gasteiger charge is 2.75. The van der Waals surface area contributed by atoms with Gasteiger partial charge in [0.25, 0.3) is 5.91 Å². The summed E-state index contributed by atoms with van der Waals surface area (Å²) in [7, 11) is 0. The van der Waals surface area contributed by atoms with Gasteiger partial charge in [0.05, 0.1) is 5.69 Å². The lowest BCUT2D eigenvalue weighted by atomic mass is 9.76. The van der Waals surface area contributed by atoms with Crippen molar-refractivity contribution in [3.8, 4) is 0 Å². The smallest absolute Gasteiger partial charge is 0.291 e. The first kappa shape index (κ1) is 18.4. The maximum atomic E-state index is 13.4. The van der Waals surface area contributed by atoms with Gasteiger partial charge in [0.15, 0.2) is 0 Å². The molecular formula is C19H23ClN3O4+. The van der Waals surface area contributed by atoms with Gasteiger partial charge in [-0.15, -0.1) is 0 Å². The predicted octanol–water partition coefficient (Wildman–Crippen LogP) is 0.214. The number of anilines is 1. The van der Waals surface area contributed by atoms with Crippen LogP contribution in [0.15, 0.2) is 18.2 Å². The minimum atomic E-state index is -1.29. The van der Waals surface area contributed by atoms with Gasteiger partial charge in [-0.2, -0.15) is 0 Å². The molecule has 0 aromatic heterocycles. The summed E-state index contributed by atoms with van der Waals surface area (Å²) < 4.78 is 0. The molecule has 3 heterocycles. The number of halogens is 1. The summed E-state index contributed by atoms with van der Waals surface area (Å²) in [6, 6.07) is 4.21. The summed E-state index contributed by atoms with van der Waals surface area (Å²) in [6.07, 6.45) is -0.233. The van der Waals surface area contributed by atoms with E-state index < -0.39 is 29.5 Å². The number of imide groups is 1. The minimum Gasteiger partial charge on any atom is -0.387 e. The van der Waals surface area contributed by atoms with Crippen molar-refractivity contribution in [3.05, 3.63) is 28.8 Å². The SMILES string of the molecule is CC[C@@H](C)N1C(=O)[C@@H]2[C@@H]([C@@H](C)O)[NH2+][C@]3(C(=O)Nc4ccc(Cl)cc43)[C@@H]2C1=O. The molecule has 0 aliphatic carbocycles. The maximum Gasteiger partial charge on any atom is 0.291 e. The Bertz CT molecular complexity index is 857. The number of aliphatic hydroxyl groups excluding tert-OH is 1. The first-order chi connectivity index (χ1) is 12.7.